The first kappa shape index (κ1) is 13.8. The van der Waals surface area contributed by atoms with Gasteiger partial charge in [-0.1, -0.05) is 29.8 Å². The number of hydrogen-bond donors (Lipinski definition) is 1. The Bertz CT molecular complexity index is 920. The molecule has 0 fully saturated rings. The molecule has 0 saturated carbocycles. The van der Waals surface area contributed by atoms with Crippen LogP contribution in [0.3, 0.4) is 0 Å². The van der Waals surface area contributed by atoms with Crippen LogP contribution in [0.2, 0.25) is 0 Å². The van der Waals surface area contributed by atoms with Gasteiger partial charge in [-0.25, -0.2) is 5.06 Å². The molecule has 1 aliphatic rings. The average molecular weight is 304 g/mol. The van der Waals surface area contributed by atoms with Crippen molar-refractivity contribution in [2.45, 2.75) is 19.5 Å². The van der Waals surface area contributed by atoms with E-state index in [0.717, 1.165) is 22.0 Å². The number of rotatable bonds is 1. The lowest BCUT2D eigenvalue weighted by molar-refractivity contribution is 0.155. The van der Waals surface area contributed by atoms with E-state index in [2.05, 4.69) is 15.2 Å². The second-order valence-corrected chi connectivity index (χ2v) is 5.90. The van der Waals surface area contributed by atoms with Crippen LogP contribution in [0.4, 0.5) is 11.4 Å². The molecule has 0 bridgehead atoms. The molecular formula is C18H16N4O. The molecule has 23 heavy (non-hydrogen) atoms. The highest BCUT2D eigenvalue weighted by Gasteiger charge is 2.38. The van der Waals surface area contributed by atoms with Gasteiger partial charge in [0.2, 0.25) is 0 Å². The molecule has 0 spiro atoms. The molecule has 3 aromatic rings. The SMILES string of the molecule is Cc1ccc(C2(C)N=Nc3c(ccc4ncccc34)N2O)cc1. The van der Waals surface area contributed by atoms with Crippen molar-refractivity contribution in [3.05, 3.63) is 65.9 Å². The predicted octanol–water partition coefficient (Wildman–Crippen LogP) is 4.71. The van der Waals surface area contributed by atoms with E-state index in [0.29, 0.717) is 11.4 Å². The fourth-order valence-corrected chi connectivity index (χ4v) is 2.87. The summed E-state index contributed by atoms with van der Waals surface area (Å²) in [7, 11) is 0. The van der Waals surface area contributed by atoms with Crippen LogP contribution in [-0.2, 0) is 5.66 Å². The minimum atomic E-state index is -0.948. The summed E-state index contributed by atoms with van der Waals surface area (Å²) in [5, 5.41) is 21.7. The number of hydrogen-bond acceptors (Lipinski definition) is 5. The second-order valence-electron chi connectivity index (χ2n) is 5.90. The molecule has 1 N–H and O–H groups in total. The van der Waals surface area contributed by atoms with Crippen molar-refractivity contribution < 1.29 is 5.21 Å². The Morgan fingerprint density at radius 3 is 2.61 bits per heavy atom. The van der Waals surface area contributed by atoms with E-state index in [1.54, 1.807) is 6.20 Å². The van der Waals surface area contributed by atoms with E-state index in [9.17, 15) is 5.21 Å². The summed E-state index contributed by atoms with van der Waals surface area (Å²) < 4.78 is 0. The largest absolute Gasteiger partial charge is 0.286 e. The Hall–Kier alpha value is -2.79. The van der Waals surface area contributed by atoms with E-state index in [1.807, 2.05) is 62.4 Å². The highest BCUT2D eigenvalue weighted by atomic mass is 16.5. The van der Waals surface area contributed by atoms with Crippen LogP contribution in [0.15, 0.2) is 65.0 Å². The van der Waals surface area contributed by atoms with Crippen molar-refractivity contribution in [1.82, 2.24) is 4.98 Å². The Balaban J connectivity index is 1.89. The van der Waals surface area contributed by atoms with Crippen molar-refractivity contribution in [2.75, 3.05) is 5.06 Å². The van der Waals surface area contributed by atoms with Crippen molar-refractivity contribution in [1.29, 1.82) is 0 Å². The summed E-state index contributed by atoms with van der Waals surface area (Å²) in [4.78, 5) is 4.32. The van der Waals surface area contributed by atoms with Gasteiger partial charge < -0.3 is 0 Å². The first-order chi connectivity index (χ1) is 11.1. The lowest BCUT2D eigenvalue weighted by Crippen LogP contribution is -2.41. The summed E-state index contributed by atoms with van der Waals surface area (Å²) in [6, 6.07) is 15.4. The first-order valence-electron chi connectivity index (χ1n) is 7.46. The second kappa shape index (κ2) is 4.86. The smallest absolute Gasteiger partial charge is 0.199 e. The maximum atomic E-state index is 10.8. The molecular weight excluding hydrogens is 288 g/mol. The zero-order valence-electron chi connectivity index (χ0n) is 12.9. The molecule has 0 radical (unpaired) electrons. The van der Waals surface area contributed by atoms with Crippen LogP contribution in [0, 0.1) is 6.92 Å². The maximum Gasteiger partial charge on any atom is 0.199 e. The third kappa shape index (κ3) is 2.01. The molecule has 1 aromatic heterocycles. The van der Waals surface area contributed by atoms with Gasteiger partial charge in [-0.3, -0.25) is 10.2 Å². The van der Waals surface area contributed by atoms with Crippen LogP contribution in [0.1, 0.15) is 18.1 Å². The monoisotopic (exact) mass is 304 g/mol. The van der Waals surface area contributed by atoms with Crippen LogP contribution in [-0.4, -0.2) is 10.2 Å². The quantitative estimate of drug-likeness (QED) is 0.708. The highest BCUT2D eigenvalue weighted by Crippen LogP contribution is 2.45. The first-order valence-corrected chi connectivity index (χ1v) is 7.46. The van der Waals surface area contributed by atoms with Crippen molar-refractivity contribution >= 4 is 22.3 Å². The van der Waals surface area contributed by atoms with Gasteiger partial charge in [0.25, 0.3) is 0 Å². The zero-order valence-corrected chi connectivity index (χ0v) is 12.9. The van der Waals surface area contributed by atoms with Gasteiger partial charge in [-0.2, -0.15) is 10.2 Å². The standard InChI is InChI=1S/C18H16N4O/c1-12-5-7-13(8-6-12)18(2)21-20-17-14-4-3-11-19-15(14)9-10-16(17)22(18)23/h3-11,23H,1-2H3. The fourth-order valence-electron chi connectivity index (χ4n) is 2.87. The number of aromatic nitrogens is 1. The van der Waals surface area contributed by atoms with Gasteiger partial charge in [0.15, 0.2) is 5.66 Å². The van der Waals surface area contributed by atoms with E-state index in [-0.39, 0.29) is 0 Å². The number of aryl methyl sites for hydroxylation is 1. The summed E-state index contributed by atoms with van der Waals surface area (Å²) in [5.41, 5.74) is 3.19. The molecule has 1 atom stereocenters. The molecule has 1 aliphatic heterocycles. The number of azo groups is 1. The highest BCUT2D eigenvalue weighted by molar-refractivity contribution is 5.96. The van der Waals surface area contributed by atoms with Crippen molar-refractivity contribution in [2.24, 2.45) is 10.2 Å². The Kier molecular flexibility index (Phi) is 2.92. The van der Waals surface area contributed by atoms with Crippen molar-refractivity contribution in [3.8, 4) is 0 Å². The maximum absolute atomic E-state index is 10.8. The summed E-state index contributed by atoms with van der Waals surface area (Å²) in [6.45, 7) is 3.87. The van der Waals surface area contributed by atoms with Gasteiger partial charge in [0.1, 0.15) is 5.69 Å². The Morgan fingerprint density at radius 1 is 1.04 bits per heavy atom. The number of anilines is 1. The van der Waals surface area contributed by atoms with Gasteiger partial charge in [0, 0.05) is 17.1 Å². The minimum Gasteiger partial charge on any atom is -0.286 e. The van der Waals surface area contributed by atoms with Gasteiger partial charge in [-0.05, 0) is 38.1 Å². The number of benzene rings is 2. The van der Waals surface area contributed by atoms with E-state index < -0.39 is 5.66 Å². The minimum absolute atomic E-state index is 0.628. The van der Waals surface area contributed by atoms with Crippen LogP contribution >= 0.6 is 0 Å². The third-order valence-corrected chi connectivity index (χ3v) is 4.32. The fraction of sp³-hybridized carbons (Fsp3) is 0.167. The molecule has 5 heteroatoms. The van der Waals surface area contributed by atoms with Crippen LogP contribution in [0.5, 0.6) is 0 Å². The average Bonchev–Trinajstić information content (AvgIpc) is 2.58. The van der Waals surface area contributed by atoms with Gasteiger partial charge in [0.05, 0.1) is 11.2 Å². The Morgan fingerprint density at radius 2 is 1.83 bits per heavy atom. The number of fused-ring (bicyclic) bond motifs is 3. The molecule has 1 unspecified atom stereocenters. The molecule has 5 nitrogen and oxygen atoms in total. The van der Waals surface area contributed by atoms with Crippen LogP contribution < -0.4 is 5.06 Å². The summed E-state index contributed by atoms with van der Waals surface area (Å²) >= 11 is 0. The lowest BCUT2D eigenvalue weighted by Gasteiger charge is -2.37. The topological polar surface area (TPSA) is 61.1 Å². The zero-order chi connectivity index (χ0) is 16.0. The van der Waals surface area contributed by atoms with Crippen LogP contribution in [0.25, 0.3) is 10.9 Å². The molecule has 0 saturated heterocycles. The predicted molar refractivity (Wildman–Crippen MR) is 89.1 cm³/mol. The molecule has 0 aliphatic carbocycles. The Labute approximate surface area is 133 Å². The normalized spacial score (nSPS) is 19.9. The number of nitrogens with zero attached hydrogens (tertiary/aromatic N) is 4. The lowest BCUT2D eigenvalue weighted by atomic mass is 9.98. The summed E-state index contributed by atoms with van der Waals surface area (Å²) in [6.07, 6.45) is 1.74. The molecule has 0 amide bonds. The number of pyridine rings is 1. The number of hydroxylamine groups is 1. The third-order valence-electron chi connectivity index (χ3n) is 4.32. The van der Waals surface area contributed by atoms with Gasteiger partial charge >= 0.3 is 0 Å². The summed E-state index contributed by atoms with van der Waals surface area (Å²) in [5.74, 6) is 0. The van der Waals surface area contributed by atoms with Gasteiger partial charge in [-0.15, -0.1) is 0 Å². The molecule has 114 valence electrons. The van der Waals surface area contributed by atoms with E-state index in [4.69, 9.17) is 0 Å². The molecule has 2 heterocycles. The van der Waals surface area contributed by atoms with E-state index in [1.165, 1.54) is 5.06 Å². The molecule has 2 aromatic carbocycles. The van der Waals surface area contributed by atoms with Crippen molar-refractivity contribution in [3.63, 3.8) is 0 Å². The van der Waals surface area contributed by atoms with E-state index >= 15 is 0 Å². The molecule has 4 rings (SSSR count).